The number of nitrogens with one attached hydrogen (secondary N) is 1. The van der Waals surface area contributed by atoms with Crippen LogP contribution in [-0.2, 0) is 10.0 Å². The maximum atomic E-state index is 11.8. The van der Waals surface area contributed by atoms with Crippen LogP contribution in [0.4, 0.5) is 0 Å². The lowest BCUT2D eigenvalue weighted by Gasteiger charge is -2.20. The van der Waals surface area contributed by atoms with Gasteiger partial charge in [-0.15, -0.1) is 0 Å². The van der Waals surface area contributed by atoms with E-state index in [2.05, 4.69) is 20.7 Å². The third kappa shape index (κ3) is 5.21. The maximum Gasteiger partial charge on any atom is 0.209 e. The Labute approximate surface area is 150 Å². The van der Waals surface area contributed by atoms with Crippen molar-refractivity contribution in [2.24, 2.45) is 0 Å². The first kappa shape index (κ1) is 18.3. The molecule has 2 rings (SSSR count). The molecule has 1 unspecified atom stereocenters. The SMILES string of the molecule is CCOc1ccc(C(NS(C)(=O)=O)c2cc(Br)ccc2Cl)cc1. The molecule has 0 aliphatic heterocycles. The molecule has 0 heterocycles. The average Bonchev–Trinajstić information content (AvgIpc) is 2.48. The Morgan fingerprint density at radius 3 is 2.43 bits per heavy atom. The van der Waals surface area contributed by atoms with Crippen LogP contribution < -0.4 is 9.46 Å². The first-order valence-electron chi connectivity index (χ1n) is 6.95. The Kier molecular flexibility index (Phi) is 6.08. The van der Waals surface area contributed by atoms with Crippen LogP contribution in [0.25, 0.3) is 0 Å². The minimum Gasteiger partial charge on any atom is -0.494 e. The van der Waals surface area contributed by atoms with Crippen LogP contribution in [0.1, 0.15) is 24.1 Å². The van der Waals surface area contributed by atoms with E-state index >= 15 is 0 Å². The molecule has 1 N–H and O–H groups in total. The quantitative estimate of drug-likeness (QED) is 0.767. The maximum absolute atomic E-state index is 11.8. The summed E-state index contributed by atoms with van der Waals surface area (Å²) in [5.41, 5.74) is 1.45. The summed E-state index contributed by atoms with van der Waals surface area (Å²) in [6, 6.07) is 12.0. The van der Waals surface area contributed by atoms with Crippen LogP contribution in [0, 0.1) is 0 Å². The molecular weight excluding hydrogens is 402 g/mol. The Bertz CT molecular complexity index is 778. The lowest BCUT2D eigenvalue weighted by Crippen LogP contribution is -2.28. The highest BCUT2D eigenvalue weighted by Gasteiger charge is 2.21. The summed E-state index contributed by atoms with van der Waals surface area (Å²) in [5, 5.41) is 0.489. The Balaban J connectivity index is 2.47. The van der Waals surface area contributed by atoms with Crippen molar-refractivity contribution >= 4 is 37.6 Å². The minimum absolute atomic E-state index is 0.489. The van der Waals surface area contributed by atoms with Crippen LogP contribution in [-0.4, -0.2) is 21.3 Å². The van der Waals surface area contributed by atoms with Crippen LogP contribution in [0.2, 0.25) is 5.02 Å². The molecule has 0 saturated carbocycles. The van der Waals surface area contributed by atoms with E-state index in [4.69, 9.17) is 16.3 Å². The van der Waals surface area contributed by atoms with E-state index in [0.717, 1.165) is 22.0 Å². The fourth-order valence-corrected chi connectivity index (χ4v) is 3.48. The van der Waals surface area contributed by atoms with Gasteiger partial charge < -0.3 is 4.74 Å². The molecule has 0 radical (unpaired) electrons. The third-order valence-corrected chi connectivity index (χ3v) is 4.63. The standard InChI is InChI=1S/C16H17BrClNO3S/c1-3-22-13-7-4-11(5-8-13)16(19-23(2,20)21)14-10-12(17)6-9-15(14)18/h4-10,16,19H,3H2,1-2H3. The summed E-state index contributed by atoms with van der Waals surface area (Å²) in [7, 11) is -3.42. The van der Waals surface area contributed by atoms with Gasteiger partial charge in [0, 0.05) is 9.50 Å². The minimum atomic E-state index is -3.42. The van der Waals surface area contributed by atoms with Gasteiger partial charge in [0.15, 0.2) is 0 Å². The predicted octanol–water partition coefficient (Wildman–Crippen LogP) is 4.14. The van der Waals surface area contributed by atoms with Crippen LogP contribution in [0.5, 0.6) is 5.75 Å². The average molecular weight is 419 g/mol. The molecule has 0 aliphatic rings. The molecule has 4 nitrogen and oxygen atoms in total. The summed E-state index contributed by atoms with van der Waals surface area (Å²) in [6.07, 6.45) is 1.13. The van der Waals surface area contributed by atoms with E-state index in [1.165, 1.54) is 0 Å². The number of sulfonamides is 1. The van der Waals surface area contributed by atoms with Gasteiger partial charge in [0.25, 0.3) is 0 Å². The second-order valence-electron chi connectivity index (χ2n) is 4.99. The Morgan fingerprint density at radius 1 is 1.22 bits per heavy atom. The first-order valence-corrected chi connectivity index (χ1v) is 10.0. The van der Waals surface area contributed by atoms with Crippen molar-refractivity contribution in [3.05, 3.63) is 63.1 Å². The molecule has 0 aliphatic carbocycles. The molecular formula is C16H17BrClNO3S. The summed E-state index contributed by atoms with van der Waals surface area (Å²) < 4.78 is 32.4. The van der Waals surface area contributed by atoms with Gasteiger partial charge >= 0.3 is 0 Å². The van der Waals surface area contributed by atoms with E-state index in [1.807, 2.05) is 43.3 Å². The van der Waals surface area contributed by atoms with Gasteiger partial charge in [-0.25, -0.2) is 13.1 Å². The van der Waals surface area contributed by atoms with Gasteiger partial charge in [-0.1, -0.05) is 39.7 Å². The smallest absolute Gasteiger partial charge is 0.209 e. The van der Waals surface area contributed by atoms with Crippen molar-refractivity contribution in [2.75, 3.05) is 12.9 Å². The zero-order chi connectivity index (χ0) is 17.0. The largest absolute Gasteiger partial charge is 0.494 e. The van der Waals surface area contributed by atoms with Crippen LogP contribution in [0.3, 0.4) is 0 Å². The van der Waals surface area contributed by atoms with Crippen molar-refractivity contribution in [3.8, 4) is 5.75 Å². The highest BCUT2D eigenvalue weighted by atomic mass is 79.9. The highest BCUT2D eigenvalue weighted by molar-refractivity contribution is 9.10. The number of rotatable bonds is 6. The van der Waals surface area contributed by atoms with E-state index in [1.54, 1.807) is 6.07 Å². The number of halogens is 2. The lowest BCUT2D eigenvalue weighted by atomic mass is 9.99. The van der Waals surface area contributed by atoms with E-state index in [9.17, 15) is 8.42 Å². The number of benzene rings is 2. The van der Waals surface area contributed by atoms with Crippen molar-refractivity contribution in [1.82, 2.24) is 4.72 Å². The second-order valence-corrected chi connectivity index (χ2v) is 8.09. The van der Waals surface area contributed by atoms with Crippen LogP contribution >= 0.6 is 27.5 Å². The summed E-state index contributed by atoms with van der Waals surface area (Å²) in [6.45, 7) is 2.48. The van der Waals surface area contributed by atoms with E-state index in [0.29, 0.717) is 17.2 Å². The van der Waals surface area contributed by atoms with Gasteiger partial charge in [-0.05, 0) is 48.4 Å². The molecule has 23 heavy (non-hydrogen) atoms. The highest BCUT2D eigenvalue weighted by Crippen LogP contribution is 2.32. The molecule has 0 amide bonds. The Hall–Kier alpha value is -1.08. The van der Waals surface area contributed by atoms with Gasteiger partial charge in [0.05, 0.1) is 18.9 Å². The molecule has 0 aromatic heterocycles. The second kappa shape index (κ2) is 7.66. The van der Waals surface area contributed by atoms with Gasteiger partial charge in [-0.3, -0.25) is 0 Å². The molecule has 7 heteroatoms. The van der Waals surface area contributed by atoms with Crippen molar-refractivity contribution in [2.45, 2.75) is 13.0 Å². The summed E-state index contributed by atoms with van der Waals surface area (Å²) in [4.78, 5) is 0. The number of hydrogen-bond donors (Lipinski definition) is 1. The van der Waals surface area contributed by atoms with E-state index < -0.39 is 16.1 Å². The molecule has 0 spiro atoms. The van der Waals surface area contributed by atoms with Crippen molar-refractivity contribution in [1.29, 1.82) is 0 Å². The Morgan fingerprint density at radius 2 is 1.87 bits per heavy atom. The first-order chi connectivity index (χ1) is 10.8. The normalized spacial score (nSPS) is 12.9. The number of hydrogen-bond acceptors (Lipinski definition) is 3. The van der Waals surface area contributed by atoms with Gasteiger partial charge in [0.1, 0.15) is 5.75 Å². The fraction of sp³-hybridized carbons (Fsp3) is 0.250. The topological polar surface area (TPSA) is 55.4 Å². The van der Waals surface area contributed by atoms with Crippen LogP contribution in [0.15, 0.2) is 46.9 Å². The van der Waals surface area contributed by atoms with Gasteiger partial charge in [0.2, 0.25) is 10.0 Å². The monoisotopic (exact) mass is 417 g/mol. The van der Waals surface area contributed by atoms with Crippen molar-refractivity contribution < 1.29 is 13.2 Å². The molecule has 0 fully saturated rings. The molecule has 124 valence electrons. The number of ether oxygens (including phenoxy) is 1. The summed E-state index contributed by atoms with van der Waals surface area (Å²) >= 11 is 9.66. The molecule has 1 atom stereocenters. The van der Waals surface area contributed by atoms with E-state index in [-0.39, 0.29) is 0 Å². The third-order valence-electron chi connectivity index (χ3n) is 3.13. The molecule has 0 saturated heterocycles. The molecule has 2 aromatic carbocycles. The predicted molar refractivity (Wildman–Crippen MR) is 96.6 cm³/mol. The zero-order valence-electron chi connectivity index (χ0n) is 12.7. The molecule has 0 bridgehead atoms. The zero-order valence-corrected chi connectivity index (χ0v) is 15.9. The summed E-state index contributed by atoms with van der Waals surface area (Å²) in [5.74, 6) is 0.731. The molecule has 2 aromatic rings. The van der Waals surface area contributed by atoms with Gasteiger partial charge in [-0.2, -0.15) is 0 Å². The lowest BCUT2D eigenvalue weighted by molar-refractivity contribution is 0.340. The fourth-order valence-electron chi connectivity index (χ4n) is 2.18. The van der Waals surface area contributed by atoms with Crippen molar-refractivity contribution in [3.63, 3.8) is 0 Å².